The highest BCUT2D eigenvalue weighted by atomic mass is 19.1. The smallest absolute Gasteiger partial charge is 0.408 e. The summed E-state index contributed by atoms with van der Waals surface area (Å²) in [4.78, 5) is 29.4. The second-order valence-electron chi connectivity index (χ2n) is 7.73. The first-order valence-corrected chi connectivity index (χ1v) is 10.2. The molecule has 0 spiro atoms. The Morgan fingerprint density at radius 3 is 2.97 bits per heavy atom. The van der Waals surface area contributed by atoms with Gasteiger partial charge in [-0.1, -0.05) is 0 Å². The number of nitrogens with two attached hydrogens (primary N) is 1. The molecule has 2 N–H and O–H groups in total. The number of fused-ring (bicyclic) bond motifs is 1. The number of carbonyl (C=O) groups is 1. The molecule has 9 nitrogen and oxygen atoms in total. The van der Waals surface area contributed by atoms with Crippen LogP contribution in [-0.4, -0.2) is 52.2 Å². The Balaban J connectivity index is 1.56. The van der Waals surface area contributed by atoms with Crippen molar-refractivity contribution in [1.29, 1.82) is 5.26 Å². The maximum atomic E-state index is 14.9. The van der Waals surface area contributed by atoms with E-state index in [1.807, 2.05) is 0 Å². The molecule has 166 valence electrons. The molecule has 1 amide bonds. The van der Waals surface area contributed by atoms with Crippen LogP contribution in [0.5, 0.6) is 0 Å². The van der Waals surface area contributed by atoms with Gasteiger partial charge in [-0.3, -0.25) is 19.2 Å². The second-order valence-corrected chi connectivity index (χ2v) is 7.73. The van der Waals surface area contributed by atoms with Gasteiger partial charge in [-0.2, -0.15) is 5.26 Å². The molecule has 2 aromatic heterocycles. The summed E-state index contributed by atoms with van der Waals surface area (Å²) in [6.07, 6.45) is 1.36. The van der Waals surface area contributed by atoms with Crippen molar-refractivity contribution in [2.75, 3.05) is 19.7 Å². The lowest BCUT2D eigenvalue weighted by Gasteiger charge is -2.27. The lowest BCUT2D eigenvalue weighted by atomic mass is 10.0. The van der Waals surface area contributed by atoms with Crippen LogP contribution in [0.25, 0.3) is 22.4 Å². The highest BCUT2D eigenvalue weighted by Crippen LogP contribution is 2.24. The number of amides is 1. The number of nitrogens with zero attached hydrogens (tertiary/aromatic N) is 4. The van der Waals surface area contributed by atoms with E-state index in [0.29, 0.717) is 41.9 Å². The summed E-state index contributed by atoms with van der Waals surface area (Å²) >= 11 is 0. The third kappa shape index (κ3) is 4.26. The standard InChI is InChI=1S/C22H22FN5O4/c1-27-18-8-13(3-4-19(18)32-22(27)30)17-9-16(23)14(11-26-17)7-15(10-24)28-5-2-6-31-20(12-28)21(25)29/h3-4,8-9,11,15,20H,2,5-7,12H2,1H3,(H2,25,29)/t15-,20?/m0/s1. The molecule has 32 heavy (non-hydrogen) atoms. The van der Waals surface area contributed by atoms with Crippen molar-refractivity contribution >= 4 is 17.0 Å². The van der Waals surface area contributed by atoms with Crippen molar-refractivity contribution in [3.8, 4) is 17.3 Å². The number of ether oxygens (including phenoxy) is 1. The van der Waals surface area contributed by atoms with Gasteiger partial charge in [-0.15, -0.1) is 0 Å². The van der Waals surface area contributed by atoms with Crippen molar-refractivity contribution in [3.63, 3.8) is 0 Å². The van der Waals surface area contributed by atoms with E-state index < -0.39 is 29.6 Å². The number of aryl methyl sites for hydroxylation is 1. The zero-order chi connectivity index (χ0) is 22.8. The van der Waals surface area contributed by atoms with E-state index in [4.69, 9.17) is 14.9 Å². The Morgan fingerprint density at radius 1 is 1.44 bits per heavy atom. The summed E-state index contributed by atoms with van der Waals surface area (Å²) in [5.74, 6) is -1.56. The van der Waals surface area contributed by atoms with Crippen LogP contribution < -0.4 is 11.5 Å². The van der Waals surface area contributed by atoms with Crippen LogP contribution in [0.4, 0.5) is 4.39 Å². The number of primary amides is 1. The lowest BCUT2D eigenvalue weighted by Crippen LogP contribution is -2.45. The predicted molar refractivity (Wildman–Crippen MR) is 113 cm³/mol. The minimum atomic E-state index is -0.799. The number of benzene rings is 1. The van der Waals surface area contributed by atoms with Crippen LogP contribution in [0, 0.1) is 17.1 Å². The Morgan fingerprint density at radius 2 is 2.25 bits per heavy atom. The van der Waals surface area contributed by atoms with Gasteiger partial charge in [0, 0.05) is 56.6 Å². The minimum absolute atomic E-state index is 0.108. The van der Waals surface area contributed by atoms with E-state index in [1.54, 1.807) is 30.1 Å². The SMILES string of the molecule is Cn1c(=O)oc2ccc(-c3cc(F)c(C[C@@H](C#N)N4CCCOC(C(N)=O)C4)cn3)cc21. The van der Waals surface area contributed by atoms with E-state index in [1.165, 1.54) is 16.8 Å². The summed E-state index contributed by atoms with van der Waals surface area (Å²) in [6, 6.07) is 7.89. The van der Waals surface area contributed by atoms with Crippen LogP contribution in [0.15, 0.2) is 39.7 Å². The molecule has 1 aromatic carbocycles. The van der Waals surface area contributed by atoms with E-state index >= 15 is 0 Å². The average Bonchev–Trinajstić information content (AvgIpc) is 2.95. The highest BCUT2D eigenvalue weighted by molar-refractivity contribution is 5.80. The molecule has 3 aromatic rings. The molecule has 1 saturated heterocycles. The number of halogens is 1. The molecule has 3 heterocycles. The topological polar surface area (TPSA) is 127 Å². The zero-order valence-electron chi connectivity index (χ0n) is 17.5. The van der Waals surface area contributed by atoms with Gasteiger partial charge in [-0.05, 0) is 24.6 Å². The average molecular weight is 439 g/mol. The number of hydrogen-bond acceptors (Lipinski definition) is 7. The molecule has 0 aliphatic carbocycles. The summed E-state index contributed by atoms with van der Waals surface area (Å²) in [5.41, 5.74) is 7.70. The Hall–Kier alpha value is -3.55. The summed E-state index contributed by atoms with van der Waals surface area (Å²) in [5, 5.41) is 9.68. The number of pyridine rings is 1. The molecular weight excluding hydrogens is 417 g/mol. The molecule has 0 saturated carbocycles. The molecular formula is C22H22FN5O4. The number of aromatic nitrogens is 2. The quantitative estimate of drug-likeness (QED) is 0.635. The van der Waals surface area contributed by atoms with Crippen molar-refractivity contribution in [3.05, 3.63) is 52.4 Å². The van der Waals surface area contributed by atoms with Crippen molar-refractivity contribution < 1.29 is 18.3 Å². The van der Waals surface area contributed by atoms with E-state index in [9.17, 15) is 19.2 Å². The lowest BCUT2D eigenvalue weighted by molar-refractivity contribution is -0.129. The fourth-order valence-electron chi connectivity index (χ4n) is 3.82. The van der Waals surface area contributed by atoms with Crippen molar-refractivity contribution in [2.24, 2.45) is 12.8 Å². The molecule has 1 fully saturated rings. The summed E-state index contributed by atoms with van der Waals surface area (Å²) < 4.78 is 26.9. The molecule has 0 bridgehead atoms. The number of carbonyl (C=O) groups excluding carboxylic acids is 1. The van der Waals surface area contributed by atoms with E-state index in [0.717, 1.165) is 0 Å². The first kappa shape index (κ1) is 21.7. The third-order valence-corrected chi connectivity index (χ3v) is 5.65. The fraction of sp³-hybridized carbons (Fsp3) is 0.364. The largest absolute Gasteiger partial charge is 0.419 e. The van der Waals surface area contributed by atoms with Crippen molar-refractivity contribution in [2.45, 2.75) is 25.0 Å². The zero-order valence-corrected chi connectivity index (χ0v) is 17.5. The normalized spacial score (nSPS) is 18.2. The minimum Gasteiger partial charge on any atom is -0.408 e. The van der Waals surface area contributed by atoms with Crippen LogP contribution in [0.2, 0.25) is 0 Å². The van der Waals surface area contributed by atoms with Crippen LogP contribution in [0.1, 0.15) is 12.0 Å². The van der Waals surface area contributed by atoms with Crippen LogP contribution in [0.3, 0.4) is 0 Å². The van der Waals surface area contributed by atoms with Gasteiger partial charge in [0.2, 0.25) is 5.91 Å². The summed E-state index contributed by atoms with van der Waals surface area (Å²) in [6.45, 7) is 1.10. The summed E-state index contributed by atoms with van der Waals surface area (Å²) in [7, 11) is 1.59. The fourth-order valence-corrected chi connectivity index (χ4v) is 3.82. The first-order valence-electron chi connectivity index (χ1n) is 10.2. The van der Waals surface area contributed by atoms with E-state index in [2.05, 4.69) is 11.1 Å². The Bertz CT molecular complexity index is 1260. The second kappa shape index (κ2) is 8.90. The van der Waals surface area contributed by atoms with Gasteiger partial charge in [0.15, 0.2) is 5.58 Å². The highest BCUT2D eigenvalue weighted by Gasteiger charge is 2.28. The van der Waals surface area contributed by atoms with Crippen LogP contribution >= 0.6 is 0 Å². The third-order valence-electron chi connectivity index (χ3n) is 5.65. The Kier molecular flexibility index (Phi) is 6.03. The predicted octanol–water partition coefficient (Wildman–Crippen LogP) is 1.34. The molecule has 10 heteroatoms. The molecule has 1 aliphatic heterocycles. The molecule has 4 rings (SSSR count). The van der Waals surface area contributed by atoms with Gasteiger partial charge in [0.05, 0.1) is 17.3 Å². The van der Waals surface area contributed by atoms with Gasteiger partial charge in [0.1, 0.15) is 18.0 Å². The first-order chi connectivity index (χ1) is 15.4. The number of oxazole rings is 1. The van der Waals surface area contributed by atoms with Gasteiger partial charge < -0.3 is 14.9 Å². The molecule has 1 aliphatic rings. The number of rotatable bonds is 5. The molecule has 0 radical (unpaired) electrons. The van der Waals surface area contributed by atoms with E-state index in [-0.39, 0.29) is 18.5 Å². The molecule has 1 unspecified atom stereocenters. The van der Waals surface area contributed by atoms with Gasteiger partial charge in [0.25, 0.3) is 0 Å². The van der Waals surface area contributed by atoms with Crippen LogP contribution in [-0.2, 0) is 23.0 Å². The van der Waals surface area contributed by atoms with Crippen molar-refractivity contribution in [1.82, 2.24) is 14.5 Å². The maximum Gasteiger partial charge on any atom is 0.419 e. The maximum absolute atomic E-state index is 14.9. The van der Waals surface area contributed by atoms with Gasteiger partial charge >= 0.3 is 5.76 Å². The molecule has 2 atom stereocenters. The Labute approximate surface area is 182 Å². The van der Waals surface area contributed by atoms with Gasteiger partial charge in [-0.25, -0.2) is 9.18 Å². The number of nitriles is 1. The monoisotopic (exact) mass is 439 g/mol. The number of hydrogen-bond donors (Lipinski definition) is 1.